The molecule has 4 nitrogen and oxygen atoms in total. The fraction of sp³-hybridized carbons (Fsp3) is 0.200. The number of hydrogen-bond donors (Lipinski definition) is 1. The van der Waals surface area contributed by atoms with Gasteiger partial charge < -0.3 is 9.67 Å². The van der Waals surface area contributed by atoms with E-state index < -0.39 is 5.97 Å². The average molecular weight is 286 g/mol. The van der Waals surface area contributed by atoms with Crippen molar-refractivity contribution in [3.63, 3.8) is 0 Å². The second-order valence-electron chi connectivity index (χ2n) is 4.78. The number of nitrogens with zero attached hydrogens (tertiary/aromatic N) is 2. The smallest absolute Gasteiger partial charge is 0.304 e. The highest BCUT2D eigenvalue weighted by atomic mass is 32.1. The Labute approximate surface area is 120 Å². The number of rotatable bonds is 4. The Morgan fingerprint density at radius 3 is 2.95 bits per heavy atom. The average Bonchev–Trinajstić information content (AvgIpc) is 3.05. The van der Waals surface area contributed by atoms with Gasteiger partial charge in [-0.15, -0.1) is 11.3 Å². The van der Waals surface area contributed by atoms with Crippen LogP contribution >= 0.6 is 11.3 Å². The largest absolute Gasteiger partial charge is 0.481 e. The summed E-state index contributed by atoms with van der Waals surface area (Å²) in [6, 6.07) is 8.04. The van der Waals surface area contributed by atoms with Crippen molar-refractivity contribution in [2.75, 3.05) is 0 Å². The van der Waals surface area contributed by atoms with Gasteiger partial charge in [0.25, 0.3) is 0 Å². The standard InChI is InChI=1S/C15H14N2O2S/c1-17-7-12(10-4-2-3-5-14(10)17)11(6-15(18)19)13-8-20-9-16-13/h2-5,7-9,11H,6H2,1H3,(H,18,19). The van der Waals surface area contributed by atoms with E-state index in [2.05, 4.69) is 4.98 Å². The van der Waals surface area contributed by atoms with Crippen molar-refractivity contribution < 1.29 is 9.90 Å². The molecule has 102 valence electrons. The zero-order valence-electron chi connectivity index (χ0n) is 11.0. The Hall–Kier alpha value is -2.14. The van der Waals surface area contributed by atoms with Gasteiger partial charge in [0.2, 0.25) is 0 Å². The van der Waals surface area contributed by atoms with Gasteiger partial charge in [-0.2, -0.15) is 0 Å². The van der Waals surface area contributed by atoms with E-state index in [0.717, 1.165) is 22.2 Å². The molecule has 0 aliphatic carbocycles. The van der Waals surface area contributed by atoms with E-state index in [9.17, 15) is 9.90 Å². The van der Waals surface area contributed by atoms with Crippen LogP contribution in [0, 0.1) is 0 Å². The Balaban J connectivity index is 2.16. The maximum atomic E-state index is 11.2. The van der Waals surface area contributed by atoms with E-state index in [0.29, 0.717) is 0 Å². The number of para-hydroxylation sites is 1. The molecule has 0 spiro atoms. The summed E-state index contributed by atoms with van der Waals surface area (Å²) in [6.45, 7) is 0. The number of thiazole rings is 1. The molecule has 1 N–H and O–H groups in total. The molecule has 0 saturated heterocycles. The van der Waals surface area contributed by atoms with E-state index in [-0.39, 0.29) is 12.3 Å². The fourth-order valence-corrected chi connectivity index (χ4v) is 3.20. The van der Waals surface area contributed by atoms with Gasteiger partial charge >= 0.3 is 5.97 Å². The lowest BCUT2D eigenvalue weighted by Crippen LogP contribution is -2.08. The maximum Gasteiger partial charge on any atom is 0.304 e. The summed E-state index contributed by atoms with van der Waals surface area (Å²) in [4.78, 5) is 15.5. The Kier molecular flexibility index (Phi) is 3.28. The molecule has 0 aliphatic rings. The third kappa shape index (κ3) is 2.20. The van der Waals surface area contributed by atoms with Crippen LogP contribution in [0.1, 0.15) is 23.6 Å². The number of hydrogen-bond acceptors (Lipinski definition) is 3. The molecule has 20 heavy (non-hydrogen) atoms. The van der Waals surface area contributed by atoms with Crippen LogP contribution in [0.5, 0.6) is 0 Å². The molecular formula is C15H14N2O2S. The monoisotopic (exact) mass is 286 g/mol. The Morgan fingerprint density at radius 2 is 2.25 bits per heavy atom. The highest BCUT2D eigenvalue weighted by Gasteiger charge is 2.23. The topological polar surface area (TPSA) is 55.1 Å². The highest BCUT2D eigenvalue weighted by Crippen LogP contribution is 2.34. The van der Waals surface area contributed by atoms with Crippen LogP contribution in [0.25, 0.3) is 10.9 Å². The summed E-state index contributed by atoms with van der Waals surface area (Å²) >= 11 is 1.49. The fourth-order valence-electron chi connectivity index (χ4n) is 2.59. The van der Waals surface area contributed by atoms with Gasteiger partial charge in [-0.25, -0.2) is 4.98 Å². The molecule has 0 radical (unpaired) electrons. The molecule has 1 atom stereocenters. The lowest BCUT2D eigenvalue weighted by molar-refractivity contribution is -0.137. The Morgan fingerprint density at radius 1 is 1.45 bits per heavy atom. The first-order chi connectivity index (χ1) is 9.66. The molecule has 0 aliphatic heterocycles. The predicted octanol–water partition coefficient (Wildman–Crippen LogP) is 3.24. The van der Waals surface area contributed by atoms with Gasteiger partial charge in [0.1, 0.15) is 0 Å². The molecular weight excluding hydrogens is 272 g/mol. The lowest BCUT2D eigenvalue weighted by atomic mass is 9.93. The van der Waals surface area contributed by atoms with Crippen LogP contribution in [-0.2, 0) is 11.8 Å². The summed E-state index contributed by atoms with van der Waals surface area (Å²) in [5.41, 5.74) is 4.70. The van der Waals surface area contributed by atoms with Gasteiger partial charge in [-0.1, -0.05) is 18.2 Å². The van der Waals surface area contributed by atoms with Crippen LogP contribution in [0.3, 0.4) is 0 Å². The zero-order valence-corrected chi connectivity index (χ0v) is 11.8. The summed E-state index contributed by atoms with van der Waals surface area (Å²) < 4.78 is 2.03. The highest BCUT2D eigenvalue weighted by molar-refractivity contribution is 7.07. The van der Waals surface area contributed by atoms with E-state index in [1.165, 1.54) is 11.3 Å². The van der Waals surface area contributed by atoms with Gasteiger partial charge in [-0.3, -0.25) is 4.79 Å². The number of carboxylic acid groups (broad SMARTS) is 1. The van der Waals surface area contributed by atoms with Crippen molar-refractivity contribution in [1.29, 1.82) is 0 Å². The normalized spacial score (nSPS) is 12.7. The Bertz CT molecular complexity index is 746. The summed E-state index contributed by atoms with van der Waals surface area (Å²) in [7, 11) is 1.98. The molecule has 1 aromatic carbocycles. The van der Waals surface area contributed by atoms with E-state index >= 15 is 0 Å². The number of benzene rings is 1. The molecule has 0 saturated carbocycles. The molecule has 5 heteroatoms. The summed E-state index contributed by atoms with van der Waals surface area (Å²) in [5.74, 6) is -1.01. The molecule has 2 heterocycles. The van der Waals surface area contributed by atoms with Crippen molar-refractivity contribution in [1.82, 2.24) is 9.55 Å². The van der Waals surface area contributed by atoms with Gasteiger partial charge in [0.05, 0.1) is 17.6 Å². The molecule has 3 aromatic rings. The lowest BCUT2D eigenvalue weighted by Gasteiger charge is -2.11. The van der Waals surface area contributed by atoms with E-state index in [1.54, 1.807) is 5.51 Å². The molecule has 3 rings (SSSR count). The molecule has 0 fully saturated rings. The minimum absolute atomic E-state index is 0.0533. The second kappa shape index (κ2) is 5.09. The van der Waals surface area contributed by atoms with Crippen LogP contribution < -0.4 is 0 Å². The minimum atomic E-state index is -0.809. The SMILES string of the molecule is Cn1cc(C(CC(=O)O)c2cscn2)c2ccccc21. The number of aromatic nitrogens is 2. The minimum Gasteiger partial charge on any atom is -0.481 e. The first kappa shape index (κ1) is 12.9. The molecule has 0 bridgehead atoms. The van der Waals surface area contributed by atoms with Crippen molar-refractivity contribution in [3.05, 3.63) is 52.6 Å². The zero-order chi connectivity index (χ0) is 14.1. The van der Waals surface area contributed by atoms with Gasteiger partial charge in [0, 0.05) is 35.4 Å². The van der Waals surface area contributed by atoms with Gasteiger partial charge in [0.15, 0.2) is 0 Å². The second-order valence-corrected chi connectivity index (χ2v) is 5.49. The number of aliphatic carboxylic acids is 1. The summed E-state index contributed by atoms with van der Waals surface area (Å²) in [5, 5.41) is 12.2. The van der Waals surface area contributed by atoms with E-state index in [1.807, 2.05) is 47.5 Å². The molecule has 1 unspecified atom stereocenters. The third-order valence-electron chi connectivity index (χ3n) is 3.49. The van der Waals surface area contributed by atoms with Crippen molar-refractivity contribution in [2.45, 2.75) is 12.3 Å². The van der Waals surface area contributed by atoms with Crippen LogP contribution in [0.15, 0.2) is 41.4 Å². The first-order valence-electron chi connectivity index (χ1n) is 6.30. The van der Waals surface area contributed by atoms with Crippen molar-refractivity contribution in [3.8, 4) is 0 Å². The number of fused-ring (bicyclic) bond motifs is 1. The van der Waals surface area contributed by atoms with Crippen LogP contribution in [0.4, 0.5) is 0 Å². The van der Waals surface area contributed by atoms with Gasteiger partial charge in [-0.05, 0) is 11.6 Å². The van der Waals surface area contributed by atoms with E-state index in [4.69, 9.17) is 0 Å². The number of carboxylic acids is 1. The molecule has 0 amide bonds. The van der Waals surface area contributed by atoms with Crippen molar-refractivity contribution >= 4 is 28.2 Å². The number of carbonyl (C=O) groups is 1. The number of aryl methyl sites for hydroxylation is 1. The van der Waals surface area contributed by atoms with Crippen LogP contribution in [-0.4, -0.2) is 20.6 Å². The predicted molar refractivity (Wildman–Crippen MR) is 79.1 cm³/mol. The quantitative estimate of drug-likeness (QED) is 0.801. The molecule has 2 aromatic heterocycles. The third-order valence-corrected chi connectivity index (χ3v) is 4.10. The van der Waals surface area contributed by atoms with Crippen molar-refractivity contribution in [2.24, 2.45) is 7.05 Å². The summed E-state index contributed by atoms with van der Waals surface area (Å²) in [6.07, 6.45) is 2.06. The maximum absolute atomic E-state index is 11.2. The first-order valence-corrected chi connectivity index (χ1v) is 7.25. The van der Waals surface area contributed by atoms with Crippen LogP contribution in [0.2, 0.25) is 0 Å².